The number of benzene rings is 1. The van der Waals surface area contributed by atoms with Crippen LogP contribution in [0.4, 0.5) is 0 Å². The number of phenolic OH excluding ortho intramolecular Hbond substituents is 1. The third kappa shape index (κ3) is 3.98. The molecule has 1 aromatic rings. The first-order valence-corrected chi connectivity index (χ1v) is 7.98. The van der Waals surface area contributed by atoms with Crippen molar-refractivity contribution in [2.24, 2.45) is 5.92 Å². The number of Topliss-reactive ketones (excluding diaryl/α,β-unsaturated/α-hetero) is 1. The quantitative estimate of drug-likeness (QED) is 0.845. The van der Waals surface area contributed by atoms with Gasteiger partial charge in [0.05, 0.1) is 5.56 Å². The fraction of sp³-hybridized carbons (Fsp3) is 0.588. The summed E-state index contributed by atoms with van der Waals surface area (Å²) in [6.45, 7) is 4.36. The fourth-order valence-electron chi connectivity index (χ4n) is 3.24. The molecule has 3 nitrogen and oxygen atoms in total. The molecule has 0 spiro atoms. The Hall–Kier alpha value is -1.06. The number of ketones is 1. The smallest absolute Gasteiger partial charge is 0.163 e. The van der Waals surface area contributed by atoms with Gasteiger partial charge in [-0.1, -0.05) is 31.4 Å². The van der Waals surface area contributed by atoms with E-state index < -0.39 is 0 Å². The van der Waals surface area contributed by atoms with Gasteiger partial charge in [0.15, 0.2) is 5.78 Å². The maximum atomic E-state index is 11.6. The molecular formula is C17H24ClNO2. The molecule has 0 aromatic heterocycles. The molecule has 2 rings (SSSR count). The minimum Gasteiger partial charge on any atom is -0.507 e. The van der Waals surface area contributed by atoms with Crippen molar-refractivity contribution < 1.29 is 9.90 Å². The van der Waals surface area contributed by atoms with E-state index in [9.17, 15) is 9.90 Å². The molecule has 0 heterocycles. The van der Waals surface area contributed by atoms with Gasteiger partial charge in [-0.15, -0.1) is 0 Å². The van der Waals surface area contributed by atoms with Crippen molar-refractivity contribution in [1.29, 1.82) is 0 Å². The molecule has 0 aliphatic heterocycles. The maximum Gasteiger partial charge on any atom is 0.163 e. The van der Waals surface area contributed by atoms with Crippen molar-refractivity contribution in [2.45, 2.75) is 52.1 Å². The molecule has 0 bridgehead atoms. The van der Waals surface area contributed by atoms with Gasteiger partial charge in [-0.2, -0.15) is 0 Å². The van der Waals surface area contributed by atoms with Crippen LogP contribution in [0, 0.1) is 5.92 Å². The van der Waals surface area contributed by atoms with E-state index in [-0.39, 0.29) is 11.5 Å². The minimum absolute atomic E-state index is 0.0719. The van der Waals surface area contributed by atoms with Crippen molar-refractivity contribution in [1.82, 2.24) is 4.90 Å². The molecule has 4 heteroatoms. The summed E-state index contributed by atoms with van der Waals surface area (Å²) in [4.78, 5) is 13.8. The molecule has 1 aliphatic rings. The lowest BCUT2D eigenvalue weighted by atomic mass is 9.86. The third-order valence-electron chi connectivity index (χ3n) is 4.48. The fourth-order valence-corrected chi connectivity index (χ4v) is 3.49. The molecule has 2 atom stereocenters. The number of rotatable bonds is 4. The number of hydrogen-bond donors (Lipinski definition) is 1. The van der Waals surface area contributed by atoms with Gasteiger partial charge >= 0.3 is 0 Å². The van der Waals surface area contributed by atoms with Crippen LogP contribution in [0.3, 0.4) is 0 Å². The molecule has 1 fully saturated rings. The van der Waals surface area contributed by atoms with Crippen LogP contribution in [0.2, 0.25) is 5.02 Å². The Bertz CT molecular complexity index is 530. The van der Waals surface area contributed by atoms with Gasteiger partial charge in [-0.3, -0.25) is 9.69 Å². The predicted octanol–water partition coefficient (Wildman–Crippen LogP) is 4.26. The minimum atomic E-state index is -0.162. The first-order chi connectivity index (χ1) is 9.88. The summed E-state index contributed by atoms with van der Waals surface area (Å²) in [6.07, 6.45) is 4.96. The van der Waals surface area contributed by atoms with Gasteiger partial charge in [-0.25, -0.2) is 0 Å². The van der Waals surface area contributed by atoms with Crippen molar-refractivity contribution in [2.75, 3.05) is 7.05 Å². The predicted molar refractivity (Wildman–Crippen MR) is 86.0 cm³/mol. The molecule has 0 saturated heterocycles. The number of halogens is 1. The Morgan fingerprint density at radius 3 is 2.76 bits per heavy atom. The summed E-state index contributed by atoms with van der Waals surface area (Å²) in [5.74, 6) is 0.666. The van der Waals surface area contributed by atoms with Crippen LogP contribution >= 0.6 is 11.6 Å². The van der Waals surface area contributed by atoms with Crippen LogP contribution in [0.5, 0.6) is 5.75 Å². The number of aromatic hydroxyl groups is 1. The van der Waals surface area contributed by atoms with E-state index in [2.05, 4.69) is 18.9 Å². The van der Waals surface area contributed by atoms with E-state index in [0.29, 0.717) is 23.2 Å². The van der Waals surface area contributed by atoms with Crippen LogP contribution in [0.1, 0.15) is 55.5 Å². The normalized spacial score (nSPS) is 22.5. The van der Waals surface area contributed by atoms with Crippen LogP contribution in [0.15, 0.2) is 12.1 Å². The molecule has 0 amide bonds. The van der Waals surface area contributed by atoms with E-state index >= 15 is 0 Å². The summed E-state index contributed by atoms with van der Waals surface area (Å²) in [5, 5.41) is 10.8. The van der Waals surface area contributed by atoms with Crippen LogP contribution in [0.25, 0.3) is 0 Å². The lowest BCUT2D eigenvalue weighted by Crippen LogP contribution is -2.35. The topological polar surface area (TPSA) is 40.5 Å². The zero-order valence-electron chi connectivity index (χ0n) is 13.0. The lowest BCUT2D eigenvalue weighted by molar-refractivity contribution is 0.101. The van der Waals surface area contributed by atoms with Crippen molar-refractivity contribution in [3.63, 3.8) is 0 Å². The summed E-state index contributed by atoms with van der Waals surface area (Å²) < 4.78 is 0. The van der Waals surface area contributed by atoms with E-state index in [1.54, 1.807) is 6.07 Å². The number of hydrogen-bond acceptors (Lipinski definition) is 3. The molecule has 1 aliphatic carbocycles. The Balaban J connectivity index is 2.17. The largest absolute Gasteiger partial charge is 0.507 e. The van der Waals surface area contributed by atoms with Gasteiger partial charge in [-0.05, 0) is 44.9 Å². The molecule has 0 radical (unpaired) electrons. The standard InChI is InChI=1S/C17H24ClNO2/c1-11-5-4-6-15(7-11)19(3)10-13-8-14(18)9-16(12(2)20)17(13)21/h8-9,11,15,21H,4-7,10H2,1-3H3. The Morgan fingerprint density at radius 2 is 2.14 bits per heavy atom. The Kier molecular flexibility index (Phi) is 5.28. The summed E-state index contributed by atoms with van der Waals surface area (Å²) in [6, 6.07) is 3.82. The number of carbonyl (C=O) groups excluding carboxylic acids is 1. The SMILES string of the molecule is CC(=O)c1cc(Cl)cc(CN(C)C2CCCC(C)C2)c1O. The van der Waals surface area contributed by atoms with Crippen molar-refractivity contribution >= 4 is 17.4 Å². The second-order valence-corrected chi connectivity index (χ2v) is 6.79. The lowest BCUT2D eigenvalue weighted by Gasteiger charge is -2.34. The molecular weight excluding hydrogens is 286 g/mol. The highest BCUT2D eigenvalue weighted by molar-refractivity contribution is 6.31. The van der Waals surface area contributed by atoms with Gasteiger partial charge in [0.1, 0.15) is 5.75 Å². The highest BCUT2D eigenvalue weighted by Gasteiger charge is 2.23. The van der Waals surface area contributed by atoms with E-state index in [1.807, 2.05) is 0 Å². The maximum absolute atomic E-state index is 11.6. The molecule has 116 valence electrons. The van der Waals surface area contributed by atoms with Gasteiger partial charge < -0.3 is 5.11 Å². The van der Waals surface area contributed by atoms with Crippen LogP contribution in [-0.4, -0.2) is 28.9 Å². The van der Waals surface area contributed by atoms with Crippen molar-refractivity contribution in [3.8, 4) is 5.75 Å². The first-order valence-electron chi connectivity index (χ1n) is 7.61. The van der Waals surface area contributed by atoms with E-state index in [0.717, 1.165) is 11.5 Å². The van der Waals surface area contributed by atoms with Gasteiger partial charge in [0.2, 0.25) is 0 Å². The highest BCUT2D eigenvalue weighted by Crippen LogP contribution is 2.31. The number of phenols is 1. The molecule has 1 aromatic carbocycles. The second kappa shape index (κ2) is 6.80. The molecule has 21 heavy (non-hydrogen) atoms. The monoisotopic (exact) mass is 309 g/mol. The zero-order chi connectivity index (χ0) is 15.6. The highest BCUT2D eigenvalue weighted by atomic mass is 35.5. The average molecular weight is 310 g/mol. The Labute approximate surface area is 131 Å². The molecule has 1 saturated carbocycles. The molecule has 2 unspecified atom stereocenters. The number of carbonyl (C=O) groups is 1. The van der Waals surface area contributed by atoms with E-state index in [1.165, 1.54) is 38.7 Å². The third-order valence-corrected chi connectivity index (χ3v) is 4.70. The van der Waals surface area contributed by atoms with Gasteiger partial charge in [0, 0.05) is 23.2 Å². The van der Waals surface area contributed by atoms with E-state index in [4.69, 9.17) is 11.6 Å². The average Bonchev–Trinajstić information content (AvgIpc) is 2.42. The number of nitrogens with zero attached hydrogens (tertiary/aromatic N) is 1. The van der Waals surface area contributed by atoms with Crippen LogP contribution < -0.4 is 0 Å². The summed E-state index contributed by atoms with van der Waals surface area (Å²) in [5.41, 5.74) is 1.04. The van der Waals surface area contributed by atoms with Crippen LogP contribution in [-0.2, 0) is 6.54 Å². The first kappa shape index (κ1) is 16.3. The summed E-state index contributed by atoms with van der Waals surface area (Å²) in [7, 11) is 2.08. The van der Waals surface area contributed by atoms with Gasteiger partial charge in [0.25, 0.3) is 0 Å². The van der Waals surface area contributed by atoms with Crippen molar-refractivity contribution in [3.05, 3.63) is 28.3 Å². The molecule has 1 N–H and O–H groups in total. The Morgan fingerprint density at radius 1 is 1.43 bits per heavy atom. The zero-order valence-corrected chi connectivity index (χ0v) is 13.8. The summed E-state index contributed by atoms with van der Waals surface area (Å²) >= 11 is 6.08. The second-order valence-electron chi connectivity index (χ2n) is 6.36.